The maximum atomic E-state index is 11.7. The van der Waals surface area contributed by atoms with E-state index >= 15 is 0 Å². The number of amides is 1. The zero-order valence-electron chi connectivity index (χ0n) is 8.73. The Balaban J connectivity index is 2.62. The maximum Gasteiger partial charge on any atom is 0.265 e. The van der Waals surface area contributed by atoms with Gasteiger partial charge in [0.2, 0.25) is 0 Å². The van der Waals surface area contributed by atoms with Gasteiger partial charge in [0.05, 0.1) is 11.6 Å². The number of aliphatic hydroxyl groups is 1. The summed E-state index contributed by atoms with van der Waals surface area (Å²) in [4.78, 5) is 12.6. The molecular weight excluding hydrogens is 224 g/mol. The molecule has 1 aromatic carbocycles. The second-order valence-electron chi connectivity index (χ2n) is 3.58. The molecule has 1 atom stereocenters. The third-order valence-corrected chi connectivity index (χ3v) is 3.19. The van der Waals surface area contributed by atoms with E-state index in [1.807, 2.05) is 18.2 Å². The lowest BCUT2D eigenvalue weighted by Crippen LogP contribution is -2.28. The summed E-state index contributed by atoms with van der Waals surface area (Å²) in [5.74, 6) is -0.385. The molecule has 0 radical (unpaired) electrons. The van der Waals surface area contributed by atoms with E-state index < -0.39 is 6.04 Å². The van der Waals surface area contributed by atoms with Crippen LogP contribution < -0.4 is 10.5 Å². The number of hydrogen-bond donors (Lipinski definition) is 3. The molecule has 5 heteroatoms. The zero-order chi connectivity index (χ0) is 11.7. The third-order valence-electron chi connectivity index (χ3n) is 2.32. The summed E-state index contributed by atoms with van der Waals surface area (Å²) < 4.78 is 2.63. The normalized spacial score (nSPS) is 19.8. The minimum atomic E-state index is -0.558. The van der Waals surface area contributed by atoms with Gasteiger partial charge in [-0.15, -0.1) is 0 Å². The van der Waals surface area contributed by atoms with Gasteiger partial charge in [0, 0.05) is 10.5 Å². The Bertz CT molecular complexity index is 469. The highest BCUT2D eigenvalue weighted by atomic mass is 32.2. The Morgan fingerprint density at radius 1 is 1.50 bits per heavy atom. The van der Waals surface area contributed by atoms with Crippen LogP contribution in [0, 0.1) is 0 Å². The molecule has 0 aliphatic carbocycles. The molecule has 0 aromatic heterocycles. The first-order valence-corrected chi connectivity index (χ1v) is 5.68. The standard InChI is InChI=1S/C11H12N2O2S/c1-6(12)10(14)9-7-4-2-3-5-8(7)16-13-11(9)15/h2-6,14H,12H2,1H3,(H,13,15)/t6-/m0/s1. The number of aliphatic hydroxyl groups excluding tert-OH is 1. The minimum Gasteiger partial charge on any atom is -0.510 e. The summed E-state index contributed by atoms with van der Waals surface area (Å²) in [6.45, 7) is 1.64. The van der Waals surface area contributed by atoms with E-state index in [-0.39, 0.29) is 17.2 Å². The highest BCUT2D eigenvalue weighted by Gasteiger charge is 2.26. The average molecular weight is 236 g/mol. The number of fused-ring (bicyclic) bond motifs is 1. The molecule has 0 saturated carbocycles. The maximum absolute atomic E-state index is 11.7. The number of rotatable bonds is 1. The summed E-state index contributed by atoms with van der Waals surface area (Å²) >= 11 is 1.24. The largest absolute Gasteiger partial charge is 0.510 e. The van der Waals surface area contributed by atoms with E-state index in [0.29, 0.717) is 0 Å². The lowest BCUT2D eigenvalue weighted by atomic mass is 10.0. The zero-order valence-corrected chi connectivity index (χ0v) is 9.54. The minimum absolute atomic E-state index is 0.0785. The Morgan fingerprint density at radius 3 is 2.88 bits per heavy atom. The van der Waals surface area contributed by atoms with Gasteiger partial charge in [0.25, 0.3) is 5.91 Å². The van der Waals surface area contributed by atoms with Crippen molar-refractivity contribution in [2.75, 3.05) is 0 Å². The molecule has 1 aromatic rings. The van der Waals surface area contributed by atoms with Crippen molar-refractivity contribution in [2.45, 2.75) is 17.9 Å². The Morgan fingerprint density at radius 2 is 2.19 bits per heavy atom. The topological polar surface area (TPSA) is 75.3 Å². The van der Waals surface area contributed by atoms with Crippen LogP contribution in [0.2, 0.25) is 0 Å². The van der Waals surface area contributed by atoms with Gasteiger partial charge in [-0.25, -0.2) is 0 Å². The summed E-state index contributed by atoms with van der Waals surface area (Å²) in [5, 5.41) is 9.85. The number of nitrogens with one attached hydrogen (secondary N) is 1. The SMILES string of the molecule is C[C@H](N)C(O)=C1C(=O)NSc2ccccc21. The van der Waals surface area contributed by atoms with Crippen molar-refractivity contribution in [3.8, 4) is 0 Å². The molecule has 2 rings (SSSR count). The fourth-order valence-electron chi connectivity index (χ4n) is 1.52. The van der Waals surface area contributed by atoms with Crippen LogP contribution in [-0.2, 0) is 4.79 Å². The fourth-order valence-corrected chi connectivity index (χ4v) is 2.25. The van der Waals surface area contributed by atoms with Crippen molar-refractivity contribution in [3.05, 3.63) is 35.6 Å². The lowest BCUT2D eigenvalue weighted by molar-refractivity contribution is -0.114. The van der Waals surface area contributed by atoms with Crippen LogP contribution in [0.15, 0.2) is 34.9 Å². The molecule has 84 valence electrons. The van der Waals surface area contributed by atoms with Gasteiger partial charge in [-0.1, -0.05) is 18.2 Å². The number of benzene rings is 1. The van der Waals surface area contributed by atoms with Gasteiger partial charge in [0.15, 0.2) is 0 Å². The number of hydrogen-bond acceptors (Lipinski definition) is 4. The molecule has 0 fully saturated rings. The van der Waals surface area contributed by atoms with Gasteiger partial charge in [-0.3, -0.25) is 9.52 Å². The van der Waals surface area contributed by atoms with Crippen molar-refractivity contribution in [1.29, 1.82) is 0 Å². The summed E-state index contributed by atoms with van der Waals surface area (Å²) in [5.41, 5.74) is 6.59. The van der Waals surface area contributed by atoms with Crippen molar-refractivity contribution >= 4 is 23.4 Å². The highest BCUT2D eigenvalue weighted by Crippen LogP contribution is 2.33. The molecule has 1 amide bonds. The second kappa shape index (κ2) is 4.19. The summed E-state index contributed by atoms with van der Waals surface area (Å²) in [6, 6.07) is 6.83. The van der Waals surface area contributed by atoms with E-state index in [2.05, 4.69) is 4.72 Å². The van der Waals surface area contributed by atoms with E-state index in [1.165, 1.54) is 11.9 Å². The average Bonchev–Trinajstić information content (AvgIpc) is 2.28. The van der Waals surface area contributed by atoms with Crippen molar-refractivity contribution in [2.24, 2.45) is 5.73 Å². The summed E-state index contributed by atoms with van der Waals surface area (Å²) in [7, 11) is 0. The van der Waals surface area contributed by atoms with Gasteiger partial charge in [-0.2, -0.15) is 0 Å². The monoisotopic (exact) mass is 236 g/mol. The highest BCUT2D eigenvalue weighted by molar-refractivity contribution is 7.98. The smallest absolute Gasteiger partial charge is 0.265 e. The number of carbonyl (C=O) groups excluding carboxylic acids is 1. The molecule has 0 spiro atoms. The molecular formula is C11H12N2O2S. The van der Waals surface area contributed by atoms with Gasteiger partial charge in [-0.05, 0) is 24.9 Å². The van der Waals surface area contributed by atoms with E-state index in [1.54, 1.807) is 13.0 Å². The molecule has 1 aliphatic heterocycles. The van der Waals surface area contributed by atoms with Crippen LogP contribution in [0.3, 0.4) is 0 Å². The van der Waals surface area contributed by atoms with Crippen LogP contribution in [0.25, 0.3) is 5.57 Å². The van der Waals surface area contributed by atoms with Crippen LogP contribution in [0.4, 0.5) is 0 Å². The quantitative estimate of drug-likeness (QED) is 0.392. The van der Waals surface area contributed by atoms with Crippen molar-refractivity contribution < 1.29 is 9.90 Å². The van der Waals surface area contributed by atoms with Gasteiger partial charge >= 0.3 is 0 Å². The molecule has 0 saturated heterocycles. The van der Waals surface area contributed by atoms with Crippen LogP contribution >= 0.6 is 11.9 Å². The first kappa shape index (κ1) is 11.0. The molecule has 4 N–H and O–H groups in total. The molecule has 0 bridgehead atoms. The van der Waals surface area contributed by atoms with Crippen LogP contribution in [-0.4, -0.2) is 17.1 Å². The molecule has 1 heterocycles. The van der Waals surface area contributed by atoms with Crippen molar-refractivity contribution in [1.82, 2.24) is 4.72 Å². The Labute approximate surface area is 97.7 Å². The van der Waals surface area contributed by atoms with E-state index in [9.17, 15) is 9.90 Å². The molecule has 1 aliphatic rings. The number of carbonyl (C=O) groups is 1. The molecule has 4 nitrogen and oxygen atoms in total. The third kappa shape index (κ3) is 1.79. The predicted octanol–water partition coefficient (Wildman–Crippen LogP) is 1.44. The number of nitrogens with two attached hydrogens (primary N) is 1. The van der Waals surface area contributed by atoms with E-state index in [0.717, 1.165) is 10.5 Å². The molecule has 0 unspecified atom stereocenters. The fraction of sp³-hybridized carbons (Fsp3) is 0.182. The Kier molecular flexibility index (Phi) is 2.89. The second-order valence-corrected chi connectivity index (χ2v) is 4.43. The van der Waals surface area contributed by atoms with Crippen molar-refractivity contribution in [3.63, 3.8) is 0 Å². The van der Waals surface area contributed by atoms with Gasteiger partial charge < -0.3 is 10.8 Å². The Hall–Kier alpha value is -1.46. The van der Waals surface area contributed by atoms with Crippen LogP contribution in [0.1, 0.15) is 12.5 Å². The van der Waals surface area contributed by atoms with Crippen LogP contribution in [0.5, 0.6) is 0 Å². The van der Waals surface area contributed by atoms with Gasteiger partial charge in [0.1, 0.15) is 5.76 Å². The first-order valence-electron chi connectivity index (χ1n) is 4.86. The lowest BCUT2D eigenvalue weighted by Gasteiger charge is -2.20. The summed E-state index contributed by atoms with van der Waals surface area (Å²) in [6.07, 6.45) is 0. The first-order chi connectivity index (χ1) is 7.61. The predicted molar refractivity (Wildman–Crippen MR) is 63.6 cm³/mol. The molecule has 16 heavy (non-hydrogen) atoms. The van der Waals surface area contributed by atoms with E-state index in [4.69, 9.17) is 5.73 Å².